The monoisotopic (exact) mass is 419 g/mol. The van der Waals surface area contributed by atoms with Crippen molar-refractivity contribution in [2.45, 2.75) is 41.9 Å². The number of fused-ring (bicyclic) bond motifs is 2. The smallest absolute Gasteiger partial charge is 0.303 e. The second-order valence-electron chi connectivity index (χ2n) is 7.72. The molecule has 0 amide bonds. The lowest BCUT2D eigenvalue weighted by molar-refractivity contribution is -0.137. The van der Waals surface area contributed by atoms with E-state index in [0.29, 0.717) is 31.0 Å². The molecule has 1 saturated heterocycles. The summed E-state index contributed by atoms with van der Waals surface area (Å²) >= 11 is 5.88. The van der Waals surface area contributed by atoms with Crippen molar-refractivity contribution in [1.29, 1.82) is 0 Å². The number of carboxylic acid groups (broad SMARTS) is 1. The van der Waals surface area contributed by atoms with E-state index in [-0.39, 0.29) is 22.6 Å². The molecule has 5 nitrogen and oxygen atoms in total. The molecule has 1 fully saturated rings. The fraction of sp³-hybridized carbons (Fsp3) is 0.381. The number of nitrogens with zero attached hydrogens (tertiary/aromatic N) is 1. The molecule has 28 heavy (non-hydrogen) atoms. The molecule has 1 aliphatic carbocycles. The van der Waals surface area contributed by atoms with Gasteiger partial charge in [0, 0.05) is 18.1 Å². The minimum absolute atomic E-state index is 0.00637. The highest BCUT2D eigenvalue weighted by Gasteiger charge is 2.47. The van der Waals surface area contributed by atoms with E-state index in [1.165, 1.54) is 22.0 Å². The Morgan fingerprint density at radius 2 is 1.75 bits per heavy atom. The van der Waals surface area contributed by atoms with Gasteiger partial charge in [-0.3, -0.25) is 4.79 Å². The van der Waals surface area contributed by atoms with Crippen LogP contribution in [0.2, 0.25) is 5.02 Å². The van der Waals surface area contributed by atoms with Crippen molar-refractivity contribution in [3.8, 4) is 0 Å². The molecular formula is C21H22ClNO4S. The maximum absolute atomic E-state index is 13.0. The molecule has 1 spiro atoms. The molecule has 7 heteroatoms. The van der Waals surface area contributed by atoms with E-state index in [1.54, 1.807) is 12.1 Å². The minimum Gasteiger partial charge on any atom is -0.481 e. The van der Waals surface area contributed by atoms with Crippen LogP contribution in [0.15, 0.2) is 53.4 Å². The zero-order valence-corrected chi connectivity index (χ0v) is 16.9. The number of hydrogen-bond donors (Lipinski definition) is 1. The van der Waals surface area contributed by atoms with Crippen LogP contribution in [0.4, 0.5) is 0 Å². The van der Waals surface area contributed by atoms with E-state index < -0.39 is 16.0 Å². The van der Waals surface area contributed by atoms with Gasteiger partial charge in [0.2, 0.25) is 10.0 Å². The van der Waals surface area contributed by atoms with Gasteiger partial charge < -0.3 is 5.11 Å². The molecule has 2 aliphatic rings. The van der Waals surface area contributed by atoms with Gasteiger partial charge in [0.05, 0.1) is 11.3 Å². The van der Waals surface area contributed by atoms with Gasteiger partial charge in [-0.2, -0.15) is 4.31 Å². The lowest BCUT2D eigenvalue weighted by atomic mass is 9.73. The summed E-state index contributed by atoms with van der Waals surface area (Å²) in [5.74, 6) is -0.798. The minimum atomic E-state index is -3.55. The second-order valence-corrected chi connectivity index (χ2v) is 10.1. The van der Waals surface area contributed by atoms with Gasteiger partial charge in [-0.15, -0.1) is 0 Å². The number of carboxylic acids is 1. The van der Waals surface area contributed by atoms with Crippen molar-refractivity contribution in [3.05, 3.63) is 64.7 Å². The predicted octanol–water partition coefficient (Wildman–Crippen LogP) is 4.02. The molecule has 1 aliphatic heterocycles. The van der Waals surface area contributed by atoms with E-state index in [0.717, 1.165) is 12.0 Å². The molecule has 0 saturated carbocycles. The van der Waals surface area contributed by atoms with Crippen molar-refractivity contribution in [1.82, 2.24) is 4.31 Å². The molecule has 0 radical (unpaired) electrons. The van der Waals surface area contributed by atoms with Crippen molar-refractivity contribution in [2.75, 3.05) is 13.1 Å². The van der Waals surface area contributed by atoms with Gasteiger partial charge >= 0.3 is 5.97 Å². The van der Waals surface area contributed by atoms with Crippen LogP contribution < -0.4 is 0 Å². The molecule has 4 rings (SSSR count). The summed E-state index contributed by atoms with van der Waals surface area (Å²) in [5.41, 5.74) is 2.17. The number of sulfonamides is 1. The molecular weight excluding hydrogens is 398 g/mol. The maximum atomic E-state index is 13.0. The van der Waals surface area contributed by atoms with Crippen LogP contribution in [0, 0.1) is 0 Å². The summed E-state index contributed by atoms with van der Waals surface area (Å²) in [4.78, 5) is 11.6. The van der Waals surface area contributed by atoms with Crippen LogP contribution in [0.3, 0.4) is 0 Å². The Hall–Kier alpha value is -1.89. The van der Waals surface area contributed by atoms with E-state index >= 15 is 0 Å². The highest BCUT2D eigenvalue weighted by atomic mass is 35.5. The zero-order chi connectivity index (χ0) is 19.9. The number of hydrogen-bond acceptors (Lipinski definition) is 3. The Kier molecular flexibility index (Phi) is 4.98. The van der Waals surface area contributed by atoms with E-state index in [9.17, 15) is 18.3 Å². The average molecular weight is 420 g/mol. The molecule has 2 aromatic carbocycles. The van der Waals surface area contributed by atoms with E-state index in [2.05, 4.69) is 6.07 Å². The third-order valence-corrected chi connectivity index (χ3v) is 8.33. The number of benzene rings is 2. The number of halogens is 1. The Bertz CT molecular complexity index is 995. The second kappa shape index (κ2) is 7.17. The predicted molar refractivity (Wildman–Crippen MR) is 107 cm³/mol. The normalized spacial score (nSPS) is 21.5. The summed E-state index contributed by atoms with van der Waals surface area (Å²) in [6, 6.07) is 14.3. The highest BCUT2D eigenvalue weighted by molar-refractivity contribution is 7.89. The van der Waals surface area contributed by atoms with Gasteiger partial charge in [-0.05, 0) is 66.0 Å². The fourth-order valence-corrected chi connectivity index (χ4v) is 6.37. The van der Waals surface area contributed by atoms with Crippen molar-refractivity contribution in [2.24, 2.45) is 0 Å². The Morgan fingerprint density at radius 3 is 2.39 bits per heavy atom. The molecule has 148 valence electrons. The molecule has 2 aromatic rings. The first-order chi connectivity index (χ1) is 13.3. The average Bonchev–Trinajstić information content (AvgIpc) is 2.95. The molecule has 1 heterocycles. The maximum Gasteiger partial charge on any atom is 0.303 e. The first-order valence-corrected chi connectivity index (χ1v) is 11.2. The number of piperidine rings is 1. The molecule has 0 bridgehead atoms. The van der Waals surface area contributed by atoms with Crippen LogP contribution in [0.5, 0.6) is 0 Å². The highest BCUT2D eigenvalue weighted by Crippen LogP contribution is 2.53. The SMILES string of the molecule is O=C(O)CC1CC2(CCN(S(=O)(=O)c3ccc(Cl)cc3)CC2)c2ccccc21. The largest absolute Gasteiger partial charge is 0.481 e. The fourth-order valence-electron chi connectivity index (χ4n) is 4.80. The number of rotatable bonds is 4. The van der Waals surface area contributed by atoms with Gasteiger partial charge in [-0.1, -0.05) is 35.9 Å². The first kappa shape index (κ1) is 19.4. The molecule has 0 aromatic heterocycles. The van der Waals surface area contributed by atoms with E-state index in [4.69, 9.17) is 11.6 Å². The standard InChI is InChI=1S/C21H22ClNO4S/c22-16-5-7-17(8-6-16)28(26,27)23-11-9-21(10-12-23)14-15(13-20(24)25)18-3-1-2-4-19(18)21/h1-8,15H,9-14H2,(H,24,25). The summed E-state index contributed by atoms with van der Waals surface area (Å²) in [7, 11) is -3.55. The van der Waals surface area contributed by atoms with Crippen molar-refractivity contribution in [3.63, 3.8) is 0 Å². The first-order valence-electron chi connectivity index (χ1n) is 9.39. The molecule has 1 atom stereocenters. The van der Waals surface area contributed by atoms with Gasteiger partial charge in [0.25, 0.3) is 0 Å². The third-order valence-electron chi connectivity index (χ3n) is 6.16. The lowest BCUT2D eigenvalue weighted by Gasteiger charge is -2.39. The third kappa shape index (κ3) is 3.34. The Balaban J connectivity index is 1.57. The Morgan fingerprint density at radius 1 is 1.11 bits per heavy atom. The zero-order valence-electron chi connectivity index (χ0n) is 15.3. The van der Waals surface area contributed by atoms with Crippen LogP contribution in [0.1, 0.15) is 42.7 Å². The summed E-state index contributed by atoms with van der Waals surface area (Å²) in [6.07, 6.45) is 2.29. The van der Waals surface area contributed by atoms with Gasteiger partial charge in [0.1, 0.15) is 0 Å². The summed E-state index contributed by atoms with van der Waals surface area (Å²) in [6.45, 7) is 0.859. The quantitative estimate of drug-likeness (QED) is 0.811. The van der Waals surface area contributed by atoms with Crippen LogP contribution in [-0.4, -0.2) is 36.9 Å². The number of carbonyl (C=O) groups is 1. The van der Waals surface area contributed by atoms with Crippen LogP contribution in [-0.2, 0) is 20.2 Å². The van der Waals surface area contributed by atoms with Gasteiger partial charge in [0.15, 0.2) is 0 Å². The summed E-state index contributed by atoms with van der Waals surface area (Å²) in [5, 5.41) is 9.79. The Labute approximate surface area is 170 Å². The number of aliphatic carboxylic acids is 1. The van der Waals surface area contributed by atoms with Crippen molar-refractivity contribution < 1.29 is 18.3 Å². The summed E-state index contributed by atoms with van der Waals surface area (Å²) < 4.78 is 27.5. The topological polar surface area (TPSA) is 74.7 Å². The molecule has 1 N–H and O–H groups in total. The van der Waals surface area contributed by atoms with Gasteiger partial charge in [-0.25, -0.2) is 8.42 Å². The van der Waals surface area contributed by atoms with Crippen LogP contribution in [0.25, 0.3) is 0 Å². The molecule has 1 unspecified atom stereocenters. The lowest BCUT2D eigenvalue weighted by Crippen LogP contribution is -2.44. The van der Waals surface area contributed by atoms with Crippen molar-refractivity contribution >= 4 is 27.6 Å². The van der Waals surface area contributed by atoms with Crippen LogP contribution >= 0.6 is 11.6 Å². The van der Waals surface area contributed by atoms with E-state index in [1.807, 2.05) is 18.2 Å².